The molecule has 0 aliphatic carbocycles. The lowest BCUT2D eigenvalue weighted by Gasteiger charge is -2.31. The van der Waals surface area contributed by atoms with E-state index in [-0.39, 0.29) is 5.91 Å². The zero-order valence-corrected chi connectivity index (χ0v) is 17.2. The summed E-state index contributed by atoms with van der Waals surface area (Å²) < 4.78 is 22.4. The van der Waals surface area contributed by atoms with Gasteiger partial charge in [0, 0.05) is 25.8 Å². The van der Waals surface area contributed by atoms with Gasteiger partial charge in [0.1, 0.15) is 11.5 Å². The Labute approximate surface area is 167 Å². The van der Waals surface area contributed by atoms with Crippen LogP contribution in [0.4, 0.5) is 0 Å². The molecule has 3 rings (SSSR count). The maximum Gasteiger partial charge on any atom is 0.289 e. The molecule has 6 nitrogen and oxygen atoms in total. The molecule has 0 N–H and O–H groups in total. The number of methoxy groups -OCH3 is 2. The summed E-state index contributed by atoms with van der Waals surface area (Å²) in [6.45, 7) is 2.62. The maximum absolute atomic E-state index is 12.4. The van der Waals surface area contributed by atoms with Crippen molar-refractivity contribution < 1.29 is 23.4 Å². The maximum atomic E-state index is 12.4. The van der Waals surface area contributed by atoms with Crippen LogP contribution < -0.4 is 9.47 Å². The quantitative estimate of drug-likeness (QED) is 0.651. The number of carbonyl (C=O) groups is 1. The van der Waals surface area contributed by atoms with E-state index in [1.807, 2.05) is 23.1 Å². The molecule has 0 saturated carbocycles. The number of hydrogen-bond acceptors (Lipinski definition) is 5. The molecule has 0 unspecified atom stereocenters. The van der Waals surface area contributed by atoms with E-state index in [0.29, 0.717) is 29.6 Å². The fourth-order valence-electron chi connectivity index (χ4n) is 3.18. The van der Waals surface area contributed by atoms with E-state index in [4.69, 9.17) is 18.6 Å². The fourth-order valence-corrected chi connectivity index (χ4v) is 3.49. The Balaban J connectivity index is 1.44. The van der Waals surface area contributed by atoms with Gasteiger partial charge in [0.25, 0.3) is 5.91 Å². The summed E-state index contributed by atoms with van der Waals surface area (Å²) in [6, 6.07) is 9.18. The van der Waals surface area contributed by atoms with Gasteiger partial charge in [-0.25, -0.2) is 0 Å². The highest BCUT2D eigenvalue weighted by molar-refractivity contribution is 9.10. The van der Waals surface area contributed by atoms with Gasteiger partial charge in [0.05, 0.1) is 20.8 Å². The number of halogens is 1. The van der Waals surface area contributed by atoms with E-state index in [1.54, 1.807) is 26.4 Å². The van der Waals surface area contributed by atoms with E-state index < -0.39 is 0 Å². The lowest BCUT2D eigenvalue weighted by Crippen LogP contribution is -2.39. The van der Waals surface area contributed by atoms with Crippen LogP contribution >= 0.6 is 15.9 Å². The van der Waals surface area contributed by atoms with Crippen molar-refractivity contribution in [3.05, 3.63) is 46.3 Å². The first-order valence-electron chi connectivity index (χ1n) is 8.93. The van der Waals surface area contributed by atoms with Crippen LogP contribution in [-0.4, -0.2) is 44.7 Å². The molecule has 0 bridgehead atoms. The summed E-state index contributed by atoms with van der Waals surface area (Å²) in [7, 11) is 3.27. The molecule has 1 fully saturated rings. The SMILES string of the molecule is COc1cc(COCC2CCN(C(=O)c3ccc(Br)o3)CC2)cc(OC)c1. The monoisotopic (exact) mass is 437 g/mol. The molecule has 0 radical (unpaired) electrons. The number of rotatable bonds is 7. The summed E-state index contributed by atoms with van der Waals surface area (Å²) in [6.07, 6.45) is 1.85. The topological polar surface area (TPSA) is 61.1 Å². The first kappa shape index (κ1) is 19.8. The normalized spacial score (nSPS) is 15.0. The number of piperidine rings is 1. The van der Waals surface area contributed by atoms with Crippen molar-refractivity contribution in [1.29, 1.82) is 0 Å². The third kappa shape index (κ3) is 5.26. The van der Waals surface area contributed by atoms with Crippen molar-refractivity contribution in [3.8, 4) is 11.5 Å². The third-order valence-electron chi connectivity index (χ3n) is 4.72. The second-order valence-corrected chi connectivity index (χ2v) is 7.36. The fraction of sp³-hybridized carbons (Fsp3) is 0.450. The first-order chi connectivity index (χ1) is 13.1. The van der Waals surface area contributed by atoms with E-state index in [1.165, 1.54) is 0 Å². The Bertz CT molecular complexity index is 745. The summed E-state index contributed by atoms with van der Waals surface area (Å²) in [5, 5.41) is 0. The lowest BCUT2D eigenvalue weighted by molar-refractivity contribution is 0.0460. The van der Waals surface area contributed by atoms with Crippen molar-refractivity contribution in [2.24, 2.45) is 5.92 Å². The van der Waals surface area contributed by atoms with Gasteiger partial charge in [-0.15, -0.1) is 0 Å². The van der Waals surface area contributed by atoms with Gasteiger partial charge in [-0.3, -0.25) is 4.79 Å². The molecule has 1 aromatic heterocycles. The number of likely N-dealkylation sites (tertiary alicyclic amines) is 1. The number of furan rings is 1. The molecule has 1 aromatic carbocycles. The van der Waals surface area contributed by atoms with Crippen molar-refractivity contribution in [2.75, 3.05) is 33.9 Å². The van der Waals surface area contributed by atoms with Crippen LogP contribution in [0.2, 0.25) is 0 Å². The summed E-state index contributed by atoms with van der Waals surface area (Å²) in [5.41, 5.74) is 1.02. The van der Waals surface area contributed by atoms with Crippen LogP contribution in [0.25, 0.3) is 0 Å². The predicted octanol–water partition coefficient (Wildman–Crippen LogP) is 4.13. The number of nitrogens with zero attached hydrogens (tertiary/aromatic N) is 1. The van der Waals surface area contributed by atoms with Gasteiger partial charge < -0.3 is 23.5 Å². The Kier molecular flexibility index (Phi) is 6.79. The average molecular weight is 438 g/mol. The van der Waals surface area contributed by atoms with Gasteiger partial charge in [0.2, 0.25) is 0 Å². The molecular weight excluding hydrogens is 414 g/mol. The van der Waals surface area contributed by atoms with Gasteiger partial charge in [-0.1, -0.05) is 0 Å². The van der Waals surface area contributed by atoms with Crippen LogP contribution in [0.1, 0.15) is 29.0 Å². The molecule has 1 saturated heterocycles. The Morgan fingerprint density at radius 1 is 1.15 bits per heavy atom. The van der Waals surface area contributed by atoms with E-state index in [2.05, 4.69) is 15.9 Å². The standard InChI is InChI=1S/C20H24BrNO5/c1-24-16-9-15(10-17(11-16)25-2)13-26-12-14-5-7-22(8-6-14)20(23)18-3-4-19(21)27-18/h3-4,9-11,14H,5-8,12-13H2,1-2H3. The van der Waals surface area contributed by atoms with Gasteiger partial charge in [0.15, 0.2) is 10.4 Å². The van der Waals surface area contributed by atoms with Gasteiger partial charge in [-0.05, 0) is 64.5 Å². The molecule has 1 aliphatic heterocycles. The zero-order valence-electron chi connectivity index (χ0n) is 15.6. The molecule has 1 amide bonds. The van der Waals surface area contributed by atoms with Crippen LogP contribution in [0.3, 0.4) is 0 Å². The van der Waals surface area contributed by atoms with Crippen molar-refractivity contribution >= 4 is 21.8 Å². The molecular formula is C20H24BrNO5. The molecule has 7 heteroatoms. The second kappa shape index (κ2) is 9.28. The highest BCUT2D eigenvalue weighted by Crippen LogP contribution is 2.24. The predicted molar refractivity (Wildman–Crippen MR) is 104 cm³/mol. The van der Waals surface area contributed by atoms with E-state index in [9.17, 15) is 4.79 Å². The Morgan fingerprint density at radius 2 is 1.81 bits per heavy atom. The molecule has 0 spiro atoms. The summed E-state index contributed by atoms with van der Waals surface area (Å²) in [5.74, 6) is 2.28. The number of carbonyl (C=O) groups excluding carboxylic acids is 1. The van der Waals surface area contributed by atoms with Crippen LogP contribution in [0.5, 0.6) is 11.5 Å². The minimum atomic E-state index is -0.0523. The minimum absolute atomic E-state index is 0.0523. The van der Waals surface area contributed by atoms with Crippen LogP contribution in [-0.2, 0) is 11.3 Å². The Morgan fingerprint density at radius 3 is 2.37 bits per heavy atom. The first-order valence-corrected chi connectivity index (χ1v) is 9.72. The molecule has 2 aromatic rings. The smallest absolute Gasteiger partial charge is 0.289 e. The number of hydrogen-bond donors (Lipinski definition) is 0. The van der Waals surface area contributed by atoms with E-state index >= 15 is 0 Å². The molecule has 27 heavy (non-hydrogen) atoms. The largest absolute Gasteiger partial charge is 0.497 e. The van der Waals surface area contributed by atoms with Crippen molar-refractivity contribution in [2.45, 2.75) is 19.4 Å². The number of ether oxygens (including phenoxy) is 3. The highest BCUT2D eigenvalue weighted by atomic mass is 79.9. The van der Waals surface area contributed by atoms with Gasteiger partial charge in [-0.2, -0.15) is 0 Å². The number of amides is 1. The summed E-state index contributed by atoms with van der Waals surface area (Å²) in [4.78, 5) is 14.2. The highest BCUT2D eigenvalue weighted by Gasteiger charge is 2.25. The molecule has 2 heterocycles. The second-order valence-electron chi connectivity index (χ2n) is 6.58. The van der Waals surface area contributed by atoms with Crippen molar-refractivity contribution in [3.63, 3.8) is 0 Å². The average Bonchev–Trinajstić information content (AvgIpc) is 3.14. The number of benzene rings is 1. The van der Waals surface area contributed by atoms with Crippen molar-refractivity contribution in [1.82, 2.24) is 4.90 Å². The van der Waals surface area contributed by atoms with Gasteiger partial charge >= 0.3 is 0 Å². The minimum Gasteiger partial charge on any atom is -0.497 e. The zero-order chi connectivity index (χ0) is 19.2. The van der Waals surface area contributed by atoms with Crippen LogP contribution in [0.15, 0.2) is 39.4 Å². The summed E-state index contributed by atoms with van der Waals surface area (Å²) >= 11 is 3.23. The van der Waals surface area contributed by atoms with E-state index in [0.717, 1.165) is 43.0 Å². The Hall–Kier alpha value is -1.99. The van der Waals surface area contributed by atoms with Crippen LogP contribution in [0, 0.1) is 5.92 Å². The third-order valence-corrected chi connectivity index (χ3v) is 5.15. The molecule has 1 aliphatic rings. The lowest BCUT2D eigenvalue weighted by atomic mass is 9.97. The molecule has 146 valence electrons. The molecule has 0 atom stereocenters.